The van der Waals surface area contributed by atoms with Crippen molar-refractivity contribution in [3.05, 3.63) is 24.3 Å². The van der Waals surface area contributed by atoms with E-state index < -0.39 is 0 Å². The summed E-state index contributed by atoms with van der Waals surface area (Å²) in [5.41, 5.74) is 7.24. The molecule has 4 nitrogen and oxygen atoms in total. The maximum atomic E-state index is 5.68. The Morgan fingerprint density at radius 2 is 2.07 bits per heavy atom. The molecule has 0 spiro atoms. The van der Waals surface area contributed by atoms with Crippen LogP contribution in [-0.4, -0.2) is 15.9 Å². The predicted molar refractivity (Wildman–Crippen MR) is 56.3 cm³/mol. The summed E-state index contributed by atoms with van der Waals surface area (Å²) in [5.74, 6) is 1.20. The van der Waals surface area contributed by atoms with Crippen molar-refractivity contribution >= 4 is 17.5 Å². The number of nitrogen functional groups attached to an aromatic ring is 1. The second kappa shape index (κ2) is 3.63. The van der Waals surface area contributed by atoms with Crippen molar-refractivity contribution in [1.82, 2.24) is 8.75 Å². The van der Waals surface area contributed by atoms with Gasteiger partial charge < -0.3 is 10.5 Å². The molecule has 72 valence electrons. The molecule has 0 aliphatic rings. The molecule has 0 amide bonds. The number of methoxy groups -OCH3 is 1. The summed E-state index contributed by atoms with van der Waals surface area (Å²) >= 11 is 1.10. The molecule has 0 aliphatic carbocycles. The van der Waals surface area contributed by atoms with Crippen LogP contribution in [-0.2, 0) is 0 Å². The lowest BCUT2D eigenvalue weighted by Crippen LogP contribution is -1.91. The minimum absolute atomic E-state index is 0.444. The van der Waals surface area contributed by atoms with Crippen molar-refractivity contribution < 1.29 is 4.74 Å². The number of hydrogen-bond donors (Lipinski definition) is 1. The molecule has 0 bridgehead atoms. The molecule has 0 saturated heterocycles. The van der Waals surface area contributed by atoms with Gasteiger partial charge in [-0.1, -0.05) is 12.1 Å². The third kappa shape index (κ3) is 1.42. The molecule has 0 radical (unpaired) electrons. The summed E-state index contributed by atoms with van der Waals surface area (Å²) in [7, 11) is 1.62. The lowest BCUT2D eigenvalue weighted by Gasteiger charge is -2.04. The average Bonchev–Trinajstić information content (AvgIpc) is 2.64. The van der Waals surface area contributed by atoms with E-state index in [1.807, 2.05) is 24.3 Å². The van der Waals surface area contributed by atoms with Crippen LogP contribution in [0.4, 0.5) is 5.82 Å². The molecular weight excluding hydrogens is 198 g/mol. The third-order valence-corrected chi connectivity index (χ3v) is 2.42. The molecule has 2 N–H and O–H groups in total. The van der Waals surface area contributed by atoms with E-state index in [1.165, 1.54) is 0 Å². The highest BCUT2D eigenvalue weighted by Crippen LogP contribution is 2.31. The van der Waals surface area contributed by atoms with E-state index in [1.54, 1.807) is 7.11 Å². The first-order chi connectivity index (χ1) is 6.83. The standard InChI is InChI=1S/C9H9N3OS/c1-13-7-5-3-2-4-6(7)8-9(10)12-14-11-8/h2-5H,1H3,(H2,10,12). The molecular formula is C9H9N3OS. The van der Waals surface area contributed by atoms with Gasteiger partial charge in [-0.15, -0.1) is 0 Å². The van der Waals surface area contributed by atoms with E-state index in [0.29, 0.717) is 11.5 Å². The minimum atomic E-state index is 0.444. The maximum Gasteiger partial charge on any atom is 0.165 e. The van der Waals surface area contributed by atoms with Crippen LogP contribution >= 0.6 is 11.7 Å². The SMILES string of the molecule is COc1ccccc1-c1nsnc1N. The van der Waals surface area contributed by atoms with E-state index in [9.17, 15) is 0 Å². The van der Waals surface area contributed by atoms with Crippen LogP contribution in [0.3, 0.4) is 0 Å². The van der Waals surface area contributed by atoms with E-state index >= 15 is 0 Å². The van der Waals surface area contributed by atoms with Crippen molar-refractivity contribution in [1.29, 1.82) is 0 Å². The van der Waals surface area contributed by atoms with Crippen LogP contribution in [0.25, 0.3) is 11.3 Å². The summed E-state index contributed by atoms with van der Waals surface area (Å²) in [4.78, 5) is 0. The van der Waals surface area contributed by atoms with Gasteiger partial charge >= 0.3 is 0 Å². The Labute approximate surface area is 85.7 Å². The molecule has 0 fully saturated rings. The largest absolute Gasteiger partial charge is 0.496 e. The van der Waals surface area contributed by atoms with Crippen molar-refractivity contribution in [2.24, 2.45) is 0 Å². The minimum Gasteiger partial charge on any atom is -0.496 e. The molecule has 0 aliphatic heterocycles. The molecule has 0 unspecified atom stereocenters. The van der Waals surface area contributed by atoms with Crippen molar-refractivity contribution in [2.75, 3.05) is 12.8 Å². The van der Waals surface area contributed by atoms with Crippen LogP contribution in [0.5, 0.6) is 5.75 Å². The highest BCUT2D eigenvalue weighted by molar-refractivity contribution is 6.99. The van der Waals surface area contributed by atoms with Gasteiger partial charge in [0.1, 0.15) is 11.4 Å². The maximum absolute atomic E-state index is 5.68. The third-order valence-electron chi connectivity index (χ3n) is 1.88. The number of nitrogens with two attached hydrogens (primary N) is 1. The number of hydrogen-bond acceptors (Lipinski definition) is 5. The van der Waals surface area contributed by atoms with Crippen LogP contribution in [0.1, 0.15) is 0 Å². The first-order valence-corrected chi connectivity index (χ1v) is 4.77. The molecule has 0 atom stereocenters. The summed E-state index contributed by atoms with van der Waals surface area (Å²) in [5, 5.41) is 0. The van der Waals surface area contributed by atoms with Gasteiger partial charge in [-0.25, -0.2) is 0 Å². The Hall–Kier alpha value is -1.62. The molecule has 2 aromatic rings. The Bertz CT molecular complexity index is 441. The van der Waals surface area contributed by atoms with Crippen LogP contribution < -0.4 is 10.5 Å². The van der Waals surface area contributed by atoms with Gasteiger partial charge in [-0.2, -0.15) is 8.75 Å². The fourth-order valence-electron chi connectivity index (χ4n) is 1.22. The Kier molecular flexibility index (Phi) is 2.32. The van der Waals surface area contributed by atoms with Crippen molar-refractivity contribution in [2.45, 2.75) is 0 Å². The zero-order valence-corrected chi connectivity index (χ0v) is 8.41. The molecule has 2 rings (SSSR count). The zero-order chi connectivity index (χ0) is 9.97. The molecule has 0 saturated carbocycles. The second-order valence-corrected chi connectivity index (χ2v) is 3.23. The van der Waals surface area contributed by atoms with Crippen LogP contribution in [0, 0.1) is 0 Å². The number of anilines is 1. The Morgan fingerprint density at radius 1 is 1.29 bits per heavy atom. The number of ether oxygens (including phenoxy) is 1. The van der Waals surface area contributed by atoms with Gasteiger partial charge in [0.05, 0.1) is 18.8 Å². The number of para-hydroxylation sites is 1. The van der Waals surface area contributed by atoms with E-state index in [2.05, 4.69) is 8.75 Å². The van der Waals surface area contributed by atoms with Crippen LogP contribution in [0.2, 0.25) is 0 Å². The van der Waals surface area contributed by atoms with Gasteiger partial charge in [0.25, 0.3) is 0 Å². The summed E-state index contributed by atoms with van der Waals surface area (Å²) in [6, 6.07) is 7.59. The second-order valence-electron chi connectivity index (χ2n) is 2.70. The van der Waals surface area contributed by atoms with E-state index in [-0.39, 0.29) is 0 Å². The van der Waals surface area contributed by atoms with Gasteiger partial charge in [-0.3, -0.25) is 0 Å². The monoisotopic (exact) mass is 207 g/mol. The lowest BCUT2D eigenvalue weighted by atomic mass is 10.1. The lowest BCUT2D eigenvalue weighted by molar-refractivity contribution is 0.416. The zero-order valence-electron chi connectivity index (χ0n) is 7.60. The Balaban J connectivity index is 2.56. The summed E-state index contributed by atoms with van der Waals surface area (Å²) < 4.78 is 13.2. The molecule has 5 heteroatoms. The van der Waals surface area contributed by atoms with Crippen molar-refractivity contribution in [3.63, 3.8) is 0 Å². The first-order valence-electron chi connectivity index (χ1n) is 4.04. The average molecular weight is 207 g/mol. The normalized spacial score (nSPS) is 10.1. The Morgan fingerprint density at radius 3 is 2.71 bits per heavy atom. The molecule has 14 heavy (non-hydrogen) atoms. The smallest absolute Gasteiger partial charge is 0.165 e. The number of rotatable bonds is 2. The van der Waals surface area contributed by atoms with Crippen molar-refractivity contribution in [3.8, 4) is 17.0 Å². The number of aromatic nitrogens is 2. The number of nitrogens with zero attached hydrogens (tertiary/aromatic N) is 2. The molecule has 1 heterocycles. The highest BCUT2D eigenvalue weighted by Gasteiger charge is 2.11. The topological polar surface area (TPSA) is 61.0 Å². The van der Waals surface area contributed by atoms with Gasteiger partial charge in [-0.05, 0) is 12.1 Å². The predicted octanol–water partition coefficient (Wildman–Crippen LogP) is 1.80. The summed E-state index contributed by atoms with van der Waals surface area (Å²) in [6.45, 7) is 0. The van der Waals surface area contributed by atoms with Gasteiger partial charge in [0, 0.05) is 5.56 Å². The van der Waals surface area contributed by atoms with Gasteiger partial charge in [0.2, 0.25) is 0 Å². The fraction of sp³-hybridized carbons (Fsp3) is 0.111. The van der Waals surface area contributed by atoms with E-state index in [4.69, 9.17) is 10.5 Å². The molecule has 1 aromatic carbocycles. The number of benzene rings is 1. The fourth-order valence-corrected chi connectivity index (χ4v) is 1.71. The quantitative estimate of drug-likeness (QED) is 0.815. The first kappa shape index (κ1) is 8.96. The van der Waals surface area contributed by atoms with Crippen LogP contribution in [0.15, 0.2) is 24.3 Å². The highest BCUT2D eigenvalue weighted by atomic mass is 32.1. The van der Waals surface area contributed by atoms with E-state index in [0.717, 1.165) is 23.0 Å². The summed E-state index contributed by atoms with van der Waals surface area (Å²) in [6.07, 6.45) is 0. The molecule has 1 aromatic heterocycles. The van der Waals surface area contributed by atoms with Gasteiger partial charge in [0.15, 0.2) is 5.82 Å².